The Balaban J connectivity index is 1.50. The van der Waals surface area contributed by atoms with Crippen LogP contribution in [0.25, 0.3) is 33.3 Å². The van der Waals surface area contributed by atoms with Crippen LogP contribution >= 0.6 is 0 Å². The lowest BCUT2D eigenvalue weighted by Crippen LogP contribution is -2.23. The number of H-pyrrole nitrogens is 1. The van der Waals surface area contributed by atoms with Gasteiger partial charge in [0.05, 0.1) is 11.6 Å². The Hall–Kier alpha value is -4.27. The van der Waals surface area contributed by atoms with Crippen molar-refractivity contribution in [3.63, 3.8) is 0 Å². The summed E-state index contributed by atoms with van der Waals surface area (Å²) in [5, 5.41) is 8.39. The number of alkyl halides is 3. The van der Waals surface area contributed by atoms with Gasteiger partial charge in [0.25, 0.3) is 5.56 Å². The van der Waals surface area contributed by atoms with E-state index in [1.807, 2.05) is 37.3 Å². The third-order valence-corrected chi connectivity index (χ3v) is 5.99. The first kappa shape index (κ1) is 22.5. The van der Waals surface area contributed by atoms with Crippen molar-refractivity contribution in [2.45, 2.75) is 26.1 Å². The van der Waals surface area contributed by atoms with Crippen molar-refractivity contribution in [1.29, 1.82) is 0 Å². The van der Waals surface area contributed by atoms with Gasteiger partial charge in [-0.25, -0.2) is 0 Å². The van der Waals surface area contributed by atoms with Crippen LogP contribution in [0.1, 0.15) is 29.9 Å². The van der Waals surface area contributed by atoms with Crippen molar-refractivity contribution in [1.82, 2.24) is 24.7 Å². The van der Waals surface area contributed by atoms with Gasteiger partial charge in [-0.05, 0) is 73.0 Å². The topological polar surface area (TPSA) is 76.5 Å². The summed E-state index contributed by atoms with van der Waals surface area (Å²) in [5.74, 6) is 0. The zero-order valence-electron chi connectivity index (χ0n) is 18.8. The summed E-state index contributed by atoms with van der Waals surface area (Å²) in [7, 11) is 0. The molecule has 0 aliphatic rings. The largest absolute Gasteiger partial charge is 0.433 e. The number of hydrogen-bond acceptors (Lipinski definition) is 4. The van der Waals surface area contributed by atoms with E-state index < -0.39 is 17.9 Å². The molecule has 35 heavy (non-hydrogen) atoms. The lowest BCUT2D eigenvalue weighted by molar-refractivity contribution is -0.141. The minimum Gasteiger partial charge on any atom is -0.308 e. The SMILES string of the molecule is Cc1cc(-c2n[nH]c3ccc(-c4ccn([C@@H](C)c5ccnc(C(F)(F)F)c5)c(=O)c4)cc23)ccn1. The van der Waals surface area contributed by atoms with Gasteiger partial charge >= 0.3 is 6.18 Å². The quantitative estimate of drug-likeness (QED) is 0.357. The zero-order chi connectivity index (χ0) is 24.7. The molecular weight excluding hydrogens is 455 g/mol. The number of nitrogens with one attached hydrogen (secondary N) is 1. The number of pyridine rings is 3. The van der Waals surface area contributed by atoms with E-state index in [9.17, 15) is 18.0 Å². The molecule has 0 radical (unpaired) electrons. The van der Waals surface area contributed by atoms with E-state index in [0.29, 0.717) is 11.1 Å². The molecule has 0 unspecified atom stereocenters. The number of rotatable bonds is 4. The van der Waals surface area contributed by atoms with E-state index in [4.69, 9.17) is 0 Å². The third-order valence-electron chi connectivity index (χ3n) is 5.99. The van der Waals surface area contributed by atoms with Gasteiger partial charge in [-0.1, -0.05) is 6.07 Å². The van der Waals surface area contributed by atoms with Crippen molar-refractivity contribution < 1.29 is 13.2 Å². The molecular formula is C26H20F3N5O. The highest BCUT2D eigenvalue weighted by molar-refractivity contribution is 5.95. The second kappa shape index (κ2) is 8.50. The van der Waals surface area contributed by atoms with Crippen LogP contribution in [-0.4, -0.2) is 24.7 Å². The molecule has 1 N–H and O–H groups in total. The van der Waals surface area contributed by atoms with Crippen LogP contribution in [0.4, 0.5) is 13.2 Å². The second-order valence-electron chi connectivity index (χ2n) is 8.33. The summed E-state index contributed by atoms with van der Waals surface area (Å²) in [6.45, 7) is 3.59. The fourth-order valence-corrected chi connectivity index (χ4v) is 4.12. The smallest absolute Gasteiger partial charge is 0.308 e. The highest BCUT2D eigenvalue weighted by atomic mass is 19.4. The molecule has 6 nitrogen and oxygen atoms in total. The molecule has 0 bridgehead atoms. The van der Waals surface area contributed by atoms with E-state index in [2.05, 4.69) is 20.2 Å². The number of fused-ring (bicyclic) bond motifs is 1. The van der Waals surface area contributed by atoms with Gasteiger partial charge in [-0.3, -0.25) is 19.9 Å². The van der Waals surface area contributed by atoms with Crippen LogP contribution in [0.5, 0.6) is 0 Å². The first-order chi connectivity index (χ1) is 16.7. The van der Waals surface area contributed by atoms with Crippen LogP contribution < -0.4 is 5.56 Å². The zero-order valence-corrected chi connectivity index (χ0v) is 18.8. The van der Waals surface area contributed by atoms with Crippen LogP contribution in [0.3, 0.4) is 0 Å². The van der Waals surface area contributed by atoms with E-state index in [-0.39, 0.29) is 5.56 Å². The molecule has 0 spiro atoms. The predicted octanol–water partition coefficient (Wildman–Crippen LogP) is 5.79. The molecule has 0 saturated carbocycles. The van der Waals surface area contributed by atoms with Gasteiger partial charge in [-0.15, -0.1) is 0 Å². The summed E-state index contributed by atoms with van der Waals surface area (Å²) in [5.41, 5.74) is 4.02. The summed E-state index contributed by atoms with van der Waals surface area (Å²) >= 11 is 0. The predicted molar refractivity (Wildman–Crippen MR) is 127 cm³/mol. The van der Waals surface area contributed by atoms with Gasteiger partial charge < -0.3 is 4.57 Å². The number of nitrogens with zero attached hydrogens (tertiary/aromatic N) is 4. The highest BCUT2D eigenvalue weighted by Gasteiger charge is 2.32. The fraction of sp³-hybridized carbons (Fsp3) is 0.154. The lowest BCUT2D eigenvalue weighted by Gasteiger charge is -2.17. The first-order valence-corrected chi connectivity index (χ1v) is 10.9. The molecule has 0 aliphatic heterocycles. The van der Waals surface area contributed by atoms with Gasteiger partial charge in [0.2, 0.25) is 0 Å². The standard InChI is InChI=1S/C26H20F3N5O/c1-15-11-20(6-8-30-15)25-21-12-18(3-4-22(21)32-33-25)19-7-10-34(24(35)14-19)16(2)17-5-9-31-23(13-17)26(27,28)29/h3-14,16H,1-2H3,(H,32,33)/t16-/m0/s1. The van der Waals surface area contributed by atoms with E-state index >= 15 is 0 Å². The molecule has 0 saturated heterocycles. The second-order valence-corrected chi connectivity index (χ2v) is 8.33. The molecule has 1 aromatic carbocycles. The summed E-state index contributed by atoms with van der Waals surface area (Å²) < 4.78 is 40.6. The molecule has 5 aromatic rings. The Morgan fingerprint density at radius 2 is 1.69 bits per heavy atom. The van der Waals surface area contributed by atoms with Gasteiger partial charge in [-0.2, -0.15) is 18.3 Å². The van der Waals surface area contributed by atoms with Crippen LogP contribution in [-0.2, 0) is 6.18 Å². The van der Waals surface area contributed by atoms with Crippen LogP contribution in [0, 0.1) is 6.92 Å². The molecule has 0 fully saturated rings. The summed E-state index contributed by atoms with van der Waals surface area (Å²) in [6.07, 6.45) is -0.112. The minimum absolute atomic E-state index is 0.322. The Bertz CT molecular complexity index is 1600. The highest BCUT2D eigenvalue weighted by Crippen LogP contribution is 2.31. The van der Waals surface area contributed by atoms with Crippen LogP contribution in [0.15, 0.2) is 78.0 Å². The van der Waals surface area contributed by atoms with E-state index in [1.165, 1.54) is 16.7 Å². The molecule has 0 amide bonds. The maximum absolute atomic E-state index is 13.1. The number of aromatic nitrogens is 5. The Morgan fingerprint density at radius 1 is 0.914 bits per heavy atom. The summed E-state index contributed by atoms with van der Waals surface area (Å²) in [6, 6.07) is 14.7. The Kier molecular flexibility index (Phi) is 5.47. The van der Waals surface area contributed by atoms with Crippen LogP contribution in [0.2, 0.25) is 0 Å². The van der Waals surface area contributed by atoms with E-state index in [0.717, 1.165) is 45.7 Å². The molecule has 4 heterocycles. The van der Waals surface area contributed by atoms with Gasteiger partial charge in [0.1, 0.15) is 11.4 Å². The molecule has 9 heteroatoms. The average molecular weight is 475 g/mol. The monoisotopic (exact) mass is 475 g/mol. The van der Waals surface area contributed by atoms with Gasteiger partial charge in [0, 0.05) is 41.3 Å². The van der Waals surface area contributed by atoms with Crippen molar-refractivity contribution in [2.24, 2.45) is 0 Å². The molecule has 0 aliphatic carbocycles. The number of halogens is 3. The molecule has 4 aromatic heterocycles. The molecule has 5 rings (SSSR count). The average Bonchev–Trinajstić information content (AvgIpc) is 3.26. The first-order valence-electron chi connectivity index (χ1n) is 10.9. The third kappa shape index (κ3) is 4.32. The number of aromatic amines is 1. The lowest BCUT2D eigenvalue weighted by atomic mass is 10.0. The minimum atomic E-state index is -4.55. The Labute approximate surface area is 198 Å². The fourth-order valence-electron chi connectivity index (χ4n) is 4.12. The summed E-state index contributed by atoms with van der Waals surface area (Å²) in [4.78, 5) is 20.6. The normalized spacial score (nSPS) is 12.7. The maximum atomic E-state index is 13.1. The number of benzene rings is 1. The molecule has 176 valence electrons. The van der Waals surface area contributed by atoms with Crippen molar-refractivity contribution in [2.75, 3.05) is 0 Å². The Morgan fingerprint density at radius 3 is 2.43 bits per heavy atom. The maximum Gasteiger partial charge on any atom is 0.433 e. The van der Waals surface area contributed by atoms with Gasteiger partial charge in [0.15, 0.2) is 0 Å². The molecule has 1 atom stereocenters. The van der Waals surface area contributed by atoms with Crippen molar-refractivity contribution in [3.05, 3.63) is 100 Å². The van der Waals surface area contributed by atoms with E-state index in [1.54, 1.807) is 25.4 Å². The van der Waals surface area contributed by atoms with Crippen molar-refractivity contribution >= 4 is 10.9 Å². The van der Waals surface area contributed by atoms with Crippen molar-refractivity contribution in [3.8, 4) is 22.4 Å². The number of aryl methyl sites for hydroxylation is 1. The number of hydrogen-bond donors (Lipinski definition) is 1.